The van der Waals surface area contributed by atoms with Crippen LogP contribution in [-0.2, 0) is 21.3 Å². The van der Waals surface area contributed by atoms with Crippen LogP contribution >= 0.6 is 0 Å². The Morgan fingerprint density at radius 2 is 2.21 bits per heavy atom. The maximum absolute atomic E-state index is 11.7. The van der Waals surface area contributed by atoms with Gasteiger partial charge >= 0.3 is 5.97 Å². The van der Waals surface area contributed by atoms with Crippen molar-refractivity contribution in [3.8, 4) is 0 Å². The second-order valence-electron chi connectivity index (χ2n) is 4.01. The van der Waals surface area contributed by atoms with E-state index in [1.165, 1.54) is 0 Å². The quantitative estimate of drug-likeness (QED) is 0.712. The lowest BCUT2D eigenvalue weighted by molar-refractivity contribution is 0.0526. The smallest absolute Gasteiger partial charge is 0.338 e. The summed E-state index contributed by atoms with van der Waals surface area (Å²) in [5, 5.41) is 17.9. The van der Waals surface area contributed by atoms with E-state index in [4.69, 9.17) is 9.84 Å². The Bertz CT molecular complexity index is 446. The monoisotopic (exact) mass is 286 g/mol. The van der Waals surface area contributed by atoms with Crippen LogP contribution < -0.4 is 0 Å². The Morgan fingerprint density at radius 3 is 2.84 bits per heavy atom. The number of hydrogen-bond acceptors (Lipinski definition) is 5. The molecule has 0 aliphatic rings. The van der Waals surface area contributed by atoms with Gasteiger partial charge in [0.05, 0.1) is 30.6 Å². The maximum Gasteiger partial charge on any atom is 0.338 e. The van der Waals surface area contributed by atoms with Crippen molar-refractivity contribution >= 4 is 16.8 Å². The zero-order valence-electron chi connectivity index (χ0n) is 10.7. The summed E-state index contributed by atoms with van der Waals surface area (Å²) in [6, 6.07) is 6.71. The first kappa shape index (κ1) is 15.8. The lowest BCUT2D eigenvalue weighted by Gasteiger charge is -2.08. The minimum absolute atomic E-state index is 0.0140. The number of aliphatic hydroxyl groups excluding tert-OH is 2. The van der Waals surface area contributed by atoms with Gasteiger partial charge in [0.1, 0.15) is 0 Å². The molecule has 0 heterocycles. The summed E-state index contributed by atoms with van der Waals surface area (Å²) < 4.78 is 16.6. The van der Waals surface area contributed by atoms with E-state index in [0.717, 1.165) is 5.56 Å². The van der Waals surface area contributed by atoms with E-state index in [9.17, 15) is 14.1 Å². The van der Waals surface area contributed by atoms with Gasteiger partial charge in [0.25, 0.3) is 0 Å². The highest BCUT2D eigenvalue weighted by molar-refractivity contribution is 7.84. The molecule has 0 radical (unpaired) electrons. The van der Waals surface area contributed by atoms with Crippen molar-refractivity contribution in [3.05, 3.63) is 35.4 Å². The molecule has 0 aromatic heterocycles. The average Bonchev–Trinajstić information content (AvgIpc) is 2.39. The second kappa shape index (κ2) is 8.04. The second-order valence-corrected chi connectivity index (χ2v) is 5.51. The van der Waals surface area contributed by atoms with Crippen molar-refractivity contribution in [1.82, 2.24) is 0 Å². The highest BCUT2D eigenvalue weighted by Crippen LogP contribution is 2.10. The molecule has 0 bridgehead atoms. The number of carbonyl (C=O) groups is 1. The molecule has 0 fully saturated rings. The molecule has 0 aliphatic carbocycles. The number of rotatable bonds is 7. The van der Waals surface area contributed by atoms with E-state index in [-0.39, 0.29) is 11.5 Å². The third-order valence-corrected chi connectivity index (χ3v) is 3.77. The van der Waals surface area contributed by atoms with E-state index >= 15 is 0 Å². The third-order valence-electron chi connectivity index (χ3n) is 2.35. The van der Waals surface area contributed by atoms with Gasteiger partial charge in [-0.1, -0.05) is 12.1 Å². The lowest BCUT2D eigenvalue weighted by Crippen LogP contribution is -2.21. The minimum Gasteiger partial charge on any atom is -0.462 e. The molecule has 0 amide bonds. The van der Waals surface area contributed by atoms with Gasteiger partial charge in [-0.05, 0) is 24.6 Å². The van der Waals surface area contributed by atoms with Crippen molar-refractivity contribution in [2.24, 2.45) is 0 Å². The van der Waals surface area contributed by atoms with Crippen LogP contribution in [0.5, 0.6) is 0 Å². The summed E-state index contributed by atoms with van der Waals surface area (Å²) in [6.45, 7) is 1.62. The first-order valence-electron chi connectivity index (χ1n) is 5.96. The number of aliphatic hydroxyl groups is 2. The SMILES string of the molecule is CCOC(=O)c1cccc(CS(=O)CC(O)CO)c1. The average molecular weight is 286 g/mol. The Kier molecular flexibility index (Phi) is 6.69. The van der Waals surface area contributed by atoms with Crippen LogP contribution in [0.1, 0.15) is 22.8 Å². The zero-order valence-corrected chi connectivity index (χ0v) is 11.6. The Morgan fingerprint density at radius 1 is 1.47 bits per heavy atom. The van der Waals surface area contributed by atoms with Crippen molar-refractivity contribution in [3.63, 3.8) is 0 Å². The van der Waals surface area contributed by atoms with E-state index in [1.807, 2.05) is 0 Å². The highest BCUT2D eigenvalue weighted by Gasteiger charge is 2.11. The Balaban J connectivity index is 2.66. The molecule has 1 aromatic carbocycles. The van der Waals surface area contributed by atoms with Gasteiger partial charge in [-0.3, -0.25) is 4.21 Å². The van der Waals surface area contributed by atoms with Crippen LogP contribution in [-0.4, -0.2) is 45.5 Å². The summed E-state index contributed by atoms with van der Waals surface area (Å²) >= 11 is 0. The summed E-state index contributed by atoms with van der Waals surface area (Å²) in [7, 11) is -1.29. The van der Waals surface area contributed by atoms with Gasteiger partial charge in [-0.15, -0.1) is 0 Å². The standard InChI is InChI=1S/C13H18O5S/c1-2-18-13(16)11-5-3-4-10(6-11)8-19(17)9-12(15)7-14/h3-6,12,14-15H,2,7-9H2,1H3. The number of ether oxygens (including phenoxy) is 1. The minimum atomic E-state index is -1.29. The van der Waals surface area contributed by atoms with Crippen LogP contribution in [0.3, 0.4) is 0 Å². The topological polar surface area (TPSA) is 83.8 Å². The van der Waals surface area contributed by atoms with Gasteiger partial charge in [0.15, 0.2) is 0 Å². The largest absolute Gasteiger partial charge is 0.462 e. The number of benzene rings is 1. The van der Waals surface area contributed by atoms with Crippen LogP contribution in [0.4, 0.5) is 0 Å². The van der Waals surface area contributed by atoms with Gasteiger partial charge in [-0.25, -0.2) is 4.79 Å². The molecular weight excluding hydrogens is 268 g/mol. The molecule has 6 heteroatoms. The molecule has 19 heavy (non-hydrogen) atoms. The molecule has 2 atom stereocenters. The van der Waals surface area contributed by atoms with E-state index in [0.29, 0.717) is 12.2 Å². The van der Waals surface area contributed by atoms with Crippen molar-refractivity contribution in [2.45, 2.75) is 18.8 Å². The third kappa shape index (κ3) is 5.50. The molecule has 1 rings (SSSR count). The van der Waals surface area contributed by atoms with Crippen LogP contribution in [0.25, 0.3) is 0 Å². The molecule has 0 aliphatic heterocycles. The first-order valence-corrected chi connectivity index (χ1v) is 7.45. The Hall–Kier alpha value is -1.24. The van der Waals surface area contributed by atoms with Gasteiger partial charge in [0, 0.05) is 16.6 Å². The molecule has 0 spiro atoms. The van der Waals surface area contributed by atoms with Crippen LogP contribution in [0, 0.1) is 0 Å². The van der Waals surface area contributed by atoms with E-state index < -0.39 is 29.5 Å². The first-order chi connectivity index (χ1) is 9.06. The maximum atomic E-state index is 11.7. The van der Waals surface area contributed by atoms with Gasteiger partial charge in [0.2, 0.25) is 0 Å². The molecule has 5 nitrogen and oxygen atoms in total. The van der Waals surface area contributed by atoms with Crippen molar-refractivity contribution in [2.75, 3.05) is 19.0 Å². The summed E-state index contributed by atoms with van der Waals surface area (Å²) in [4.78, 5) is 11.5. The van der Waals surface area contributed by atoms with E-state index in [1.54, 1.807) is 31.2 Å². The summed E-state index contributed by atoms with van der Waals surface area (Å²) in [5.41, 5.74) is 1.15. The Labute approximate surface area is 114 Å². The van der Waals surface area contributed by atoms with Gasteiger partial charge < -0.3 is 14.9 Å². The predicted octanol–water partition coefficient (Wildman–Crippen LogP) is 0.465. The fourth-order valence-electron chi connectivity index (χ4n) is 1.51. The molecule has 0 saturated carbocycles. The molecule has 1 aromatic rings. The predicted molar refractivity (Wildman–Crippen MR) is 72.2 cm³/mol. The fraction of sp³-hybridized carbons (Fsp3) is 0.462. The normalized spacial score (nSPS) is 13.8. The number of esters is 1. The molecule has 106 valence electrons. The van der Waals surface area contributed by atoms with Crippen LogP contribution in [0.15, 0.2) is 24.3 Å². The van der Waals surface area contributed by atoms with E-state index in [2.05, 4.69) is 0 Å². The van der Waals surface area contributed by atoms with Crippen molar-refractivity contribution < 1.29 is 24.0 Å². The molecule has 2 unspecified atom stereocenters. The molecule has 2 N–H and O–H groups in total. The van der Waals surface area contributed by atoms with Gasteiger partial charge in [-0.2, -0.15) is 0 Å². The number of carbonyl (C=O) groups excluding carboxylic acids is 1. The summed E-state index contributed by atoms with van der Waals surface area (Å²) in [6.07, 6.45) is -0.978. The number of hydrogen-bond donors (Lipinski definition) is 2. The molecule has 0 saturated heterocycles. The lowest BCUT2D eigenvalue weighted by atomic mass is 10.1. The van der Waals surface area contributed by atoms with Crippen LogP contribution in [0.2, 0.25) is 0 Å². The summed E-state index contributed by atoms with van der Waals surface area (Å²) in [5.74, 6) is -0.171. The van der Waals surface area contributed by atoms with Crippen molar-refractivity contribution in [1.29, 1.82) is 0 Å². The highest BCUT2D eigenvalue weighted by atomic mass is 32.2. The molecular formula is C13H18O5S. The fourth-order valence-corrected chi connectivity index (χ4v) is 2.72. The zero-order chi connectivity index (χ0) is 14.3.